The number of nitrogens with one attached hydrogen (secondary N) is 1. The van der Waals surface area contributed by atoms with Gasteiger partial charge in [-0.2, -0.15) is 13.2 Å². The molecule has 0 aromatic heterocycles. The first-order valence-electron chi connectivity index (χ1n) is 7.95. The summed E-state index contributed by atoms with van der Waals surface area (Å²) >= 11 is 0. The van der Waals surface area contributed by atoms with E-state index < -0.39 is 12.7 Å². The highest BCUT2D eigenvalue weighted by atomic mass is 19.4. The summed E-state index contributed by atoms with van der Waals surface area (Å²) in [6, 6.07) is 0.580. The van der Waals surface area contributed by atoms with Gasteiger partial charge in [0.1, 0.15) is 0 Å². The van der Waals surface area contributed by atoms with E-state index in [9.17, 15) is 13.2 Å². The van der Waals surface area contributed by atoms with E-state index >= 15 is 0 Å². The molecule has 2 fully saturated rings. The van der Waals surface area contributed by atoms with Gasteiger partial charge >= 0.3 is 6.18 Å². The number of rotatable bonds is 4. The van der Waals surface area contributed by atoms with E-state index in [1.165, 1.54) is 32.1 Å². The van der Waals surface area contributed by atoms with Crippen molar-refractivity contribution in [1.29, 1.82) is 0 Å². The molecular weight excluding hydrogens is 265 g/mol. The van der Waals surface area contributed by atoms with Crippen molar-refractivity contribution in [2.45, 2.75) is 57.7 Å². The third kappa shape index (κ3) is 5.60. The van der Waals surface area contributed by atoms with E-state index in [0.717, 1.165) is 18.9 Å². The van der Waals surface area contributed by atoms with E-state index in [2.05, 4.69) is 12.2 Å². The van der Waals surface area contributed by atoms with Crippen molar-refractivity contribution in [3.63, 3.8) is 0 Å². The summed E-state index contributed by atoms with van der Waals surface area (Å²) < 4.78 is 37.0. The van der Waals surface area contributed by atoms with Crippen molar-refractivity contribution in [1.82, 2.24) is 10.2 Å². The number of hydrogen-bond donors (Lipinski definition) is 1. The highest BCUT2D eigenvalue weighted by molar-refractivity contribution is 4.81. The number of hydrogen-bond acceptors (Lipinski definition) is 2. The Morgan fingerprint density at radius 3 is 2.65 bits per heavy atom. The highest BCUT2D eigenvalue weighted by Gasteiger charge is 2.34. The SMILES string of the molecule is CC1CCCC(NCC2CCN(CC(F)(F)F)C2)CC1. The maximum absolute atomic E-state index is 12.3. The predicted octanol–water partition coefficient (Wildman–Crippen LogP) is 3.43. The number of halogens is 3. The maximum atomic E-state index is 12.3. The molecule has 1 saturated carbocycles. The van der Waals surface area contributed by atoms with Crippen LogP contribution in [0.15, 0.2) is 0 Å². The molecule has 1 saturated heterocycles. The molecule has 5 heteroatoms. The molecule has 1 aliphatic heterocycles. The van der Waals surface area contributed by atoms with Gasteiger partial charge in [0.05, 0.1) is 6.54 Å². The minimum absolute atomic E-state index is 0.387. The molecule has 2 nitrogen and oxygen atoms in total. The minimum atomic E-state index is -4.06. The van der Waals surface area contributed by atoms with E-state index in [4.69, 9.17) is 0 Å². The number of nitrogens with zero attached hydrogens (tertiary/aromatic N) is 1. The molecular formula is C15H27F3N2. The zero-order chi connectivity index (χ0) is 14.6. The maximum Gasteiger partial charge on any atom is 0.401 e. The van der Waals surface area contributed by atoms with Gasteiger partial charge in [-0.15, -0.1) is 0 Å². The van der Waals surface area contributed by atoms with Crippen molar-refractivity contribution in [2.75, 3.05) is 26.2 Å². The standard InChI is InChI=1S/C15H27F3N2/c1-12-3-2-4-14(6-5-12)19-9-13-7-8-20(10-13)11-15(16,17)18/h12-14,19H,2-11H2,1H3. The van der Waals surface area contributed by atoms with Gasteiger partial charge in [-0.3, -0.25) is 4.90 Å². The Morgan fingerprint density at radius 2 is 1.90 bits per heavy atom. The molecule has 0 bridgehead atoms. The smallest absolute Gasteiger partial charge is 0.314 e. The zero-order valence-electron chi connectivity index (χ0n) is 12.4. The normalized spacial score (nSPS) is 33.3. The van der Waals surface area contributed by atoms with Crippen LogP contribution < -0.4 is 5.32 Å². The second kappa shape index (κ2) is 7.12. The van der Waals surface area contributed by atoms with Gasteiger partial charge < -0.3 is 5.32 Å². The summed E-state index contributed by atoms with van der Waals surface area (Å²) in [6.07, 6.45) is 3.17. The van der Waals surface area contributed by atoms with Crippen LogP contribution in [-0.2, 0) is 0 Å². The molecule has 0 aromatic carbocycles. The van der Waals surface area contributed by atoms with Crippen LogP contribution in [0, 0.1) is 11.8 Å². The van der Waals surface area contributed by atoms with E-state index in [0.29, 0.717) is 25.0 Å². The Morgan fingerprint density at radius 1 is 1.10 bits per heavy atom. The fraction of sp³-hybridized carbons (Fsp3) is 1.00. The molecule has 2 rings (SSSR count). The molecule has 0 aromatic rings. The lowest BCUT2D eigenvalue weighted by atomic mass is 10.0. The average Bonchev–Trinajstić information content (AvgIpc) is 2.66. The lowest BCUT2D eigenvalue weighted by Gasteiger charge is -2.20. The largest absolute Gasteiger partial charge is 0.401 e. The fourth-order valence-corrected chi connectivity index (χ4v) is 3.50. The van der Waals surface area contributed by atoms with Gasteiger partial charge in [0, 0.05) is 12.6 Å². The quantitative estimate of drug-likeness (QED) is 0.799. The summed E-state index contributed by atoms with van der Waals surface area (Å²) in [4.78, 5) is 1.54. The van der Waals surface area contributed by atoms with Gasteiger partial charge in [-0.25, -0.2) is 0 Å². The van der Waals surface area contributed by atoms with Crippen LogP contribution in [0.2, 0.25) is 0 Å². The van der Waals surface area contributed by atoms with Crippen LogP contribution in [0.5, 0.6) is 0 Å². The Labute approximate surface area is 120 Å². The monoisotopic (exact) mass is 292 g/mol. The van der Waals surface area contributed by atoms with Crippen LogP contribution in [0.4, 0.5) is 13.2 Å². The Balaban J connectivity index is 1.65. The zero-order valence-corrected chi connectivity index (χ0v) is 12.4. The molecule has 20 heavy (non-hydrogen) atoms. The predicted molar refractivity (Wildman–Crippen MR) is 74.6 cm³/mol. The fourth-order valence-electron chi connectivity index (χ4n) is 3.50. The third-order valence-electron chi connectivity index (χ3n) is 4.73. The summed E-state index contributed by atoms with van der Waals surface area (Å²) in [5, 5.41) is 3.60. The molecule has 0 radical (unpaired) electrons. The van der Waals surface area contributed by atoms with Crippen LogP contribution in [0.1, 0.15) is 45.4 Å². The molecule has 1 aliphatic carbocycles. The molecule has 3 unspecified atom stereocenters. The first-order valence-corrected chi connectivity index (χ1v) is 7.95. The van der Waals surface area contributed by atoms with Crippen LogP contribution in [0.25, 0.3) is 0 Å². The Bertz CT molecular complexity index is 293. The van der Waals surface area contributed by atoms with E-state index in [1.807, 2.05) is 0 Å². The van der Waals surface area contributed by atoms with E-state index in [-0.39, 0.29) is 0 Å². The average molecular weight is 292 g/mol. The molecule has 1 heterocycles. The second-order valence-corrected chi connectivity index (χ2v) is 6.72. The first-order chi connectivity index (χ1) is 9.42. The van der Waals surface area contributed by atoms with Gasteiger partial charge in [0.2, 0.25) is 0 Å². The summed E-state index contributed by atoms with van der Waals surface area (Å²) in [5.41, 5.74) is 0. The highest BCUT2D eigenvalue weighted by Crippen LogP contribution is 2.24. The Kier molecular flexibility index (Phi) is 5.73. The first kappa shape index (κ1) is 16.1. The molecule has 0 spiro atoms. The van der Waals surface area contributed by atoms with Crippen LogP contribution in [0.3, 0.4) is 0 Å². The number of likely N-dealkylation sites (tertiary alicyclic amines) is 1. The van der Waals surface area contributed by atoms with Gasteiger partial charge in [0.25, 0.3) is 0 Å². The third-order valence-corrected chi connectivity index (χ3v) is 4.73. The van der Waals surface area contributed by atoms with E-state index in [1.54, 1.807) is 4.90 Å². The van der Waals surface area contributed by atoms with Gasteiger partial charge in [-0.1, -0.05) is 19.8 Å². The van der Waals surface area contributed by atoms with Gasteiger partial charge in [-0.05, 0) is 50.6 Å². The van der Waals surface area contributed by atoms with Crippen molar-refractivity contribution >= 4 is 0 Å². The molecule has 118 valence electrons. The second-order valence-electron chi connectivity index (χ2n) is 6.72. The lowest BCUT2D eigenvalue weighted by Crippen LogP contribution is -2.36. The molecule has 1 N–H and O–H groups in total. The topological polar surface area (TPSA) is 15.3 Å². The summed E-state index contributed by atoms with van der Waals surface area (Å²) in [7, 11) is 0. The summed E-state index contributed by atoms with van der Waals surface area (Å²) in [6.45, 7) is 3.63. The van der Waals surface area contributed by atoms with Crippen molar-refractivity contribution in [2.24, 2.45) is 11.8 Å². The van der Waals surface area contributed by atoms with Crippen molar-refractivity contribution < 1.29 is 13.2 Å². The van der Waals surface area contributed by atoms with Gasteiger partial charge in [0.15, 0.2) is 0 Å². The Hall–Kier alpha value is -0.290. The lowest BCUT2D eigenvalue weighted by molar-refractivity contribution is -0.143. The summed E-state index contributed by atoms with van der Waals surface area (Å²) in [5.74, 6) is 1.22. The molecule has 0 amide bonds. The van der Waals surface area contributed by atoms with Crippen LogP contribution in [-0.4, -0.2) is 43.3 Å². The minimum Gasteiger partial charge on any atom is -0.314 e. The van der Waals surface area contributed by atoms with Crippen LogP contribution >= 0.6 is 0 Å². The molecule has 3 atom stereocenters. The van der Waals surface area contributed by atoms with Crippen molar-refractivity contribution in [3.05, 3.63) is 0 Å². The molecule has 2 aliphatic rings. The van der Waals surface area contributed by atoms with Crippen molar-refractivity contribution in [3.8, 4) is 0 Å². The number of alkyl halides is 3.